The SMILES string of the molecule is CN(CC1CCCN1C)c1nc(Cl)c(Cl)cc1Cl. The van der Waals surface area contributed by atoms with Gasteiger partial charge in [-0.3, -0.25) is 0 Å². The van der Waals surface area contributed by atoms with Gasteiger partial charge in [-0.2, -0.15) is 0 Å². The highest BCUT2D eigenvalue weighted by atomic mass is 35.5. The number of nitrogens with zero attached hydrogens (tertiary/aromatic N) is 3. The van der Waals surface area contributed by atoms with E-state index in [9.17, 15) is 0 Å². The lowest BCUT2D eigenvalue weighted by atomic mass is 10.2. The maximum Gasteiger partial charge on any atom is 0.150 e. The van der Waals surface area contributed by atoms with Crippen molar-refractivity contribution >= 4 is 40.6 Å². The Bertz CT molecular complexity index is 439. The van der Waals surface area contributed by atoms with E-state index < -0.39 is 0 Å². The van der Waals surface area contributed by atoms with Crippen LogP contribution in [0.4, 0.5) is 5.82 Å². The van der Waals surface area contributed by atoms with Crippen molar-refractivity contribution in [2.45, 2.75) is 18.9 Å². The smallest absolute Gasteiger partial charge is 0.150 e. The highest BCUT2D eigenvalue weighted by molar-refractivity contribution is 6.42. The summed E-state index contributed by atoms with van der Waals surface area (Å²) in [6.45, 7) is 2.04. The van der Waals surface area contributed by atoms with E-state index in [1.165, 1.54) is 12.8 Å². The number of hydrogen-bond acceptors (Lipinski definition) is 3. The summed E-state index contributed by atoms with van der Waals surface area (Å²) >= 11 is 18.0. The first-order valence-electron chi connectivity index (χ1n) is 5.92. The van der Waals surface area contributed by atoms with Crippen molar-refractivity contribution in [1.82, 2.24) is 9.88 Å². The summed E-state index contributed by atoms with van der Waals surface area (Å²) in [4.78, 5) is 8.65. The molecular weight excluding hydrogens is 293 g/mol. The van der Waals surface area contributed by atoms with Crippen molar-refractivity contribution in [2.24, 2.45) is 0 Å². The Kier molecular flexibility index (Phi) is 4.59. The van der Waals surface area contributed by atoms with Crippen LogP contribution in [0, 0.1) is 0 Å². The van der Waals surface area contributed by atoms with Crippen molar-refractivity contribution in [1.29, 1.82) is 0 Å². The Hall–Kier alpha value is -0.220. The molecule has 6 heteroatoms. The molecule has 0 aliphatic carbocycles. The first-order chi connectivity index (χ1) is 8.49. The predicted octanol–water partition coefficient (Wildman–Crippen LogP) is 3.57. The monoisotopic (exact) mass is 307 g/mol. The van der Waals surface area contributed by atoms with E-state index in [0.717, 1.165) is 13.1 Å². The third kappa shape index (κ3) is 3.02. The maximum atomic E-state index is 6.16. The van der Waals surface area contributed by atoms with Gasteiger partial charge < -0.3 is 9.80 Å². The largest absolute Gasteiger partial charge is 0.357 e. The molecule has 1 saturated heterocycles. The average Bonchev–Trinajstić information content (AvgIpc) is 2.69. The Morgan fingerprint density at radius 1 is 1.39 bits per heavy atom. The van der Waals surface area contributed by atoms with Crippen LogP contribution in [0.1, 0.15) is 12.8 Å². The fourth-order valence-corrected chi connectivity index (χ4v) is 2.95. The van der Waals surface area contributed by atoms with E-state index in [0.29, 0.717) is 27.1 Å². The van der Waals surface area contributed by atoms with Gasteiger partial charge in [0, 0.05) is 19.6 Å². The van der Waals surface area contributed by atoms with Crippen LogP contribution in [0.5, 0.6) is 0 Å². The summed E-state index contributed by atoms with van der Waals surface area (Å²) in [6, 6.07) is 2.19. The van der Waals surface area contributed by atoms with E-state index in [1.807, 2.05) is 11.9 Å². The van der Waals surface area contributed by atoms with Crippen molar-refractivity contribution in [3.63, 3.8) is 0 Å². The molecule has 0 saturated carbocycles. The zero-order valence-corrected chi connectivity index (χ0v) is 12.7. The van der Waals surface area contributed by atoms with Crippen LogP contribution < -0.4 is 4.90 Å². The van der Waals surface area contributed by atoms with Crippen LogP contribution in [0.3, 0.4) is 0 Å². The van der Waals surface area contributed by atoms with Gasteiger partial charge in [-0.15, -0.1) is 0 Å². The minimum atomic E-state index is 0.294. The van der Waals surface area contributed by atoms with Crippen LogP contribution >= 0.6 is 34.8 Å². The van der Waals surface area contributed by atoms with Crippen LogP contribution in [-0.4, -0.2) is 43.1 Å². The second-order valence-electron chi connectivity index (χ2n) is 4.72. The molecule has 2 rings (SSSR count). The molecule has 1 aromatic rings. The number of hydrogen-bond donors (Lipinski definition) is 0. The number of likely N-dealkylation sites (tertiary alicyclic amines) is 1. The lowest BCUT2D eigenvalue weighted by Gasteiger charge is -2.27. The minimum Gasteiger partial charge on any atom is -0.357 e. The van der Waals surface area contributed by atoms with Gasteiger partial charge in [-0.1, -0.05) is 34.8 Å². The number of anilines is 1. The van der Waals surface area contributed by atoms with E-state index in [1.54, 1.807) is 6.07 Å². The van der Waals surface area contributed by atoms with Crippen LogP contribution in [0.2, 0.25) is 15.2 Å². The van der Waals surface area contributed by atoms with Gasteiger partial charge in [0.15, 0.2) is 0 Å². The summed E-state index contributed by atoms with van der Waals surface area (Å²) in [5.74, 6) is 0.686. The standard InChI is InChI=1S/C12H16Cl3N3/c1-17-5-3-4-8(17)7-18(2)12-10(14)6-9(13)11(15)16-12/h6,8H,3-5,7H2,1-2H3. The lowest BCUT2D eigenvalue weighted by molar-refractivity contribution is 0.314. The van der Waals surface area contributed by atoms with Crippen molar-refractivity contribution in [2.75, 3.05) is 32.1 Å². The summed E-state index contributed by atoms with van der Waals surface area (Å²) in [5, 5.41) is 1.21. The Morgan fingerprint density at radius 2 is 2.11 bits per heavy atom. The Morgan fingerprint density at radius 3 is 2.72 bits per heavy atom. The maximum absolute atomic E-state index is 6.16. The zero-order valence-electron chi connectivity index (χ0n) is 10.5. The lowest BCUT2D eigenvalue weighted by Crippen LogP contribution is -2.37. The molecule has 1 aliphatic rings. The van der Waals surface area contributed by atoms with Gasteiger partial charge >= 0.3 is 0 Å². The topological polar surface area (TPSA) is 19.4 Å². The number of likely N-dealkylation sites (N-methyl/N-ethyl adjacent to an activating group) is 2. The molecule has 3 nitrogen and oxygen atoms in total. The van der Waals surface area contributed by atoms with E-state index in [-0.39, 0.29) is 0 Å². The molecular formula is C12H16Cl3N3. The number of halogens is 3. The summed E-state index contributed by atoms with van der Waals surface area (Å²) in [5.41, 5.74) is 0. The second-order valence-corrected chi connectivity index (χ2v) is 5.90. The van der Waals surface area contributed by atoms with Crippen molar-refractivity contribution < 1.29 is 0 Å². The van der Waals surface area contributed by atoms with Gasteiger partial charge in [0.05, 0.1) is 10.0 Å². The highest BCUT2D eigenvalue weighted by Gasteiger charge is 2.23. The second kappa shape index (κ2) is 5.83. The van der Waals surface area contributed by atoms with E-state index >= 15 is 0 Å². The third-order valence-corrected chi connectivity index (χ3v) is 4.34. The molecule has 0 radical (unpaired) electrons. The third-order valence-electron chi connectivity index (χ3n) is 3.39. The molecule has 1 aliphatic heterocycles. The van der Waals surface area contributed by atoms with E-state index in [2.05, 4.69) is 16.9 Å². The number of pyridine rings is 1. The molecule has 0 amide bonds. The average molecular weight is 309 g/mol. The van der Waals surface area contributed by atoms with Gasteiger partial charge in [0.25, 0.3) is 0 Å². The molecule has 18 heavy (non-hydrogen) atoms. The van der Waals surface area contributed by atoms with Gasteiger partial charge in [-0.05, 0) is 32.5 Å². The summed E-state index contributed by atoms with van der Waals surface area (Å²) < 4.78 is 0. The van der Waals surface area contributed by atoms with Gasteiger partial charge in [0.1, 0.15) is 11.0 Å². The molecule has 0 aromatic carbocycles. The number of aromatic nitrogens is 1. The normalized spacial score (nSPS) is 20.4. The van der Waals surface area contributed by atoms with E-state index in [4.69, 9.17) is 34.8 Å². The van der Waals surface area contributed by atoms with Crippen LogP contribution in [0.25, 0.3) is 0 Å². The fourth-order valence-electron chi connectivity index (χ4n) is 2.32. The van der Waals surface area contributed by atoms with Crippen LogP contribution in [-0.2, 0) is 0 Å². The zero-order chi connectivity index (χ0) is 13.3. The minimum absolute atomic E-state index is 0.294. The molecule has 0 bridgehead atoms. The molecule has 0 spiro atoms. The molecule has 1 aromatic heterocycles. The molecule has 1 atom stereocenters. The molecule has 100 valence electrons. The first-order valence-corrected chi connectivity index (χ1v) is 7.05. The van der Waals surface area contributed by atoms with Crippen LogP contribution in [0.15, 0.2) is 6.07 Å². The first kappa shape index (κ1) is 14.2. The fraction of sp³-hybridized carbons (Fsp3) is 0.583. The van der Waals surface area contributed by atoms with Crippen molar-refractivity contribution in [3.05, 3.63) is 21.3 Å². The Labute approximate surface area is 123 Å². The molecule has 0 N–H and O–H groups in total. The molecule has 1 fully saturated rings. The molecule has 2 heterocycles. The predicted molar refractivity (Wildman–Crippen MR) is 78.2 cm³/mol. The van der Waals surface area contributed by atoms with Gasteiger partial charge in [0.2, 0.25) is 0 Å². The Balaban J connectivity index is 2.13. The van der Waals surface area contributed by atoms with Gasteiger partial charge in [-0.25, -0.2) is 4.98 Å². The summed E-state index contributed by atoms with van der Waals surface area (Å²) in [7, 11) is 4.12. The highest BCUT2D eigenvalue weighted by Crippen LogP contribution is 2.31. The summed E-state index contributed by atoms with van der Waals surface area (Å²) in [6.07, 6.45) is 2.46. The quantitative estimate of drug-likeness (QED) is 0.796. The number of rotatable bonds is 3. The van der Waals surface area contributed by atoms with Crippen molar-refractivity contribution in [3.8, 4) is 0 Å². The molecule has 1 unspecified atom stereocenters.